The van der Waals surface area contributed by atoms with Crippen LogP contribution in [0.4, 0.5) is 0 Å². The van der Waals surface area contributed by atoms with Gasteiger partial charge in [0.05, 0.1) is 5.01 Å². The van der Waals surface area contributed by atoms with Crippen LogP contribution in [0.1, 0.15) is 42.2 Å². The van der Waals surface area contributed by atoms with Gasteiger partial charge in [-0.2, -0.15) is 0 Å². The van der Waals surface area contributed by atoms with Crippen molar-refractivity contribution in [3.63, 3.8) is 0 Å². The molecule has 0 aliphatic heterocycles. The standard InChI is InChI=1S/C13H21N3OS/c1-9(2)16(7-10-3-4-10)13(17)11-8-18-12(15-11)5-6-14/h8-10H,3-7,14H2,1-2H3. The van der Waals surface area contributed by atoms with E-state index in [2.05, 4.69) is 18.8 Å². The Labute approximate surface area is 112 Å². The lowest BCUT2D eigenvalue weighted by Crippen LogP contribution is -2.38. The second-order valence-corrected chi connectivity index (χ2v) is 6.10. The van der Waals surface area contributed by atoms with E-state index in [0.29, 0.717) is 18.2 Å². The number of thiazole rings is 1. The third kappa shape index (κ3) is 3.29. The highest BCUT2D eigenvalue weighted by molar-refractivity contribution is 7.09. The molecule has 0 unspecified atom stereocenters. The lowest BCUT2D eigenvalue weighted by molar-refractivity contribution is 0.0691. The first-order valence-corrected chi connectivity index (χ1v) is 7.45. The first kappa shape index (κ1) is 13.5. The van der Waals surface area contributed by atoms with Crippen LogP contribution in [-0.4, -0.2) is 34.9 Å². The van der Waals surface area contributed by atoms with Gasteiger partial charge in [0.1, 0.15) is 5.69 Å². The van der Waals surface area contributed by atoms with Crippen molar-refractivity contribution < 1.29 is 4.79 Å². The molecule has 1 aliphatic rings. The quantitative estimate of drug-likeness (QED) is 0.856. The van der Waals surface area contributed by atoms with Gasteiger partial charge in [-0.15, -0.1) is 11.3 Å². The predicted octanol–water partition coefficient (Wildman–Crippen LogP) is 1.90. The Bertz CT molecular complexity index is 412. The van der Waals surface area contributed by atoms with E-state index < -0.39 is 0 Å². The molecule has 1 aromatic heterocycles. The van der Waals surface area contributed by atoms with E-state index >= 15 is 0 Å². The lowest BCUT2D eigenvalue weighted by atomic mass is 10.2. The van der Waals surface area contributed by atoms with Crippen LogP contribution in [-0.2, 0) is 6.42 Å². The van der Waals surface area contributed by atoms with Gasteiger partial charge in [-0.1, -0.05) is 0 Å². The highest BCUT2D eigenvalue weighted by atomic mass is 32.1. The summed E-state index contributed by atoms with van der Waals surface area (Å²) in [4.78, 5) is 18.7. The van der Waals surface area contributed by atoms with Crippen LogP contribution in [0, 0.1) is 5.92 Å². The summed E-state index contributed by atoms with van der Waals surface area (Å²) in [6, 6.07) is 0.234. The fraction of sp³-hybridized carbons (Fsp3) is 0.692. The molecule has 0 bridgehead atoms. The Morgan fingerprint density at radius 2 is 2.33 bits per heavy atom. The molecule has 0 saturated heterocycles. The van der Waals surface area contributed by atoms with Crippen molar-refractivity contribution in [1.82, 2.24) is 9.88 Å². The van der Waals surface area contributed by atoms with Crippen LogP contribution in [0.2, 0.25) is 0 Å². The van der Waals surface area contributed by atoms with E-state index in [4.69, 9.17) is 5.73 Å². The molecule has 0 atom stereocenters. The smallest absolute Gasteiger partial charge is 0.273 e. The Kier molecular flexibility index (Phi) is 4.35. The van der Waals surface area contributed by atoms with Gasteiger partial charge in [0, 0.05) is 24.4 Å². The maximum absolute atomic E-state index is 12.4. The summed E-state index contributed by atoms with van der Waals surface area (Å²) >= 11 is 1.53. The minimum absolute atomic E-state index is 0.0661. The van der Waals surface area contributed by atoms with Gasteiger partial charge in [0.2, 0.25) is 0 Å². The second kappa shape index (κ2) is 5.80. The molecule has 5 heteroatoms. The third-order valence-corrected chi connectivity index (χ3v) is 4.07. The van der Waals surface area contributed by atoms with Crippen molar-refractivity contribution in [2.45, 2.75) is 39.2 Å². The minimum atomic E-state index is 0.0661. The summed E-state index contributed by atoms with van der Waals surface area (Å²) in [6.07, 6.45) is 3.26. The maximum Gasteiger partial charge on any atom is 0.273 e. The van der Waals surface area contributed by atoms with Crippen molar-refractivity contribution in [1.29, 1.82) is 0 Å². The number of rotatable bonds is 6. The first-order valence-electron chi connectivity index (χ1n) is 6.57. The van der Waals surface area contributed by atoms with Gasteiger partial charge in [0.25, 0.3) is 5.91 Å². The monoisotopic (exact) mass is 267 g/mol. The van der Waals surface area contributed by atoms with Crippen LogP contribution >= 0.6 is 11.3 Å². The highest BCUT2D eigenvalue weighted by Crippen LogP contribution is 2.30. The molecule has 18 heavy (non-hydrogen) atoms. The maximum atomic E-state index is 12.4. The molecule has 4 nitrogen and oxygen atoms in total. The zero-order valence-electron chi connectivity index (χ0n) is 11.1. The molecule has 1 fully saturated rings. The van der Waals surface area contributed by atoms with Gasteiger partial charge >= 0.3 is 0 Å². The average molecular weight is 267 g/mol. The van der Waals surface area contributed by atoms with Gasteiger partial charge < -0.3 is 10.6 Å². The fourth-order valence-corrected chi connectivity index (χ4v) is 2.69. The van der Waals surface area contributed by atoms with Crippen LogP contribution in [0.3, 0.4) is 0 Å². The van der Waals surface area contributed by atoms with Crippen molar-refractivity contribution in [2.75, 3.05) is 13.1 Å². The summed E-state index contributed by atoms with van der Waals surface area (Å²) in [5.41, 5.74) is 6.08. The van der Waals surface area contributed by atoms with E-state index in [1.54, 1.807) is 0 Å². The summed E-state index contributed by atoms with van der Waals surface area (Å²) in [6.45, 7) is 5.58. The van der Waals surface area contributed by atoms with Crippen molar-refractivity contribution in [3.8, 4) is 0 Å². The third-order valence-electron chi connectivity index (χ3n) is 3.17. The first-order chi connectivity index (χ1) is 8.61. The van der Waals surface area contributed by atoms with Crippen LogP contribution in [0.15, 0.2) is 5.38 Å². The minimum Gasteiger partial charge on any atom is -0.335 e. The van der Waals surface area contributed by atoms with E-state index in [1.807, 2.05) is 10.3 Å². The van der Waals surface area contributed by atoms with Crippen molar-refractivity contribution >= 4 is 17.2 Å². The molecule has 1 heterocycles. The Balaban J connectivity index is 2.05. The largest absolute Gasteiger partial charge is 0.335 e. The SMILES string of the molecule is CC(C)N(CC1CC1)C(=O)c1csc(CCN)n1. The fourth-order valence-electron chi connectivity index (χ4n) is 1.90. The molecule has 0 radical (unpaired) electrons. The summed E-state index contributed by atoms with van der Waals surface area (Å²) in [5.74, 6) is 0.773. The number of aromatic nitrogens is 1. The molecule has 100 valence electrons. The summed E-state index contributed by atoms with van der Waals surface area (Å²) in [7, 11) is 0. The summed E-state index contributed by atoms with van der Waals surface area (Å²) < 4.78 is 0. The van der Waals surface area contributed by atoms with Gasteiger partial charge in [-0.05, 0) is 39.2 Å². The summed E-state index contributed by atoms with van der Waals surface area (Å²) in [5, 5.41) is 2.81. The van der Waals surface area contributed by atoms with E-state index in [0.717, 1.165) is 18.0 Å². The van der Waals surface area contributed by atoms with Crippen LogP contribution < -0.4 is 5.73 Å². The number of carbonyl (C=O) groups is 1. The molecule has 0 aromatic carbocycles. The van der Waals surface area contributed by atoms with Crippen LogP contribution in [0.25, 0.3) is 0 Å². The van der Waals surface area contributed by atoms with Crippen molar-refractivity contribution in [3.05, 3.63) is 16.1 Å². The molecule has 1 saturated carbocycles. The molecule has 2 rings (SSSR count). The van der Waals surface area contributed by atoms with E-state index in [9.17, 15) is 4.79 Å². The second-order valence-electron chi connectivity index (χ2n) is 5.16. The molecular weight excluding hydrogens is 246 g/mol. The van der Waals surface area contributed by atoms with Gasteiger partial charge in [-0.3, -0.25) is 4.79 Å². The molecule has 1 amide bonds. The molecule has 2 N–H and O–H groups in total. The number of hydrogen-bond donors (Lipinski definition) is 1. The molecule has 1 aliphatic carbocycles. The van der Waals surface area contributed by atoms with Gasteiger partial charge in [0.15, 0.2) is 0 Å². The highest BCUT2D eigenvalue weighted by Gasteiger charge is 2.29. The average Bonchev–Trinajstić information content (AvgIpc) is 3.03. The van der Waals surface area contributed by atoms with E-state index in [-0.39, 0.29) is 11.9 Å². The zero-order chi connectivity index (χ0) is 13.1. The molecular formula is C13H21N3OS. The number of carbonyl (C=O) groups excluding carboxylic acids is 1. The number of nitrogens with zero attached hydrogens (tertiary/aromatic N) is 2. The van der Waals surface area contributed by atoms with Crippen molar-refractivity contribution in [2.24, 2.45) is 11.7 Å². The predicted molar refractivity (Wildman–Crippen MR) is 73.8 cm³/mol. The number of hydrogen-bond acceptors (Lipinski definition) is 4. The number of amides is 1. The molecule has 0 spiro atoms. The Hall–Kier alpha value is -0.940. The normalized spacial score (nSPS) is 15.1. The Morgan fingerprint density at radius 3 is 2.89 bits per heavy atom. The zero-order valence-corrected chi connectivity index (χ0v) is 11.9. The van der Waals surface area contributed by atoms with E-state index in [1.165, 1.54) is 24.2 Å². The lowest BCUT2D eigenvalue weighted by Gasteiger charge is -2.25. The molecule has 1 aromatic rings. The number of nitrogens with two attached hydrogens (primary N) is 1. The van der Waals surface area contributed by atoms with Crippen LogP contribution in [0.5, 0.6) is 0 Å². The topological polar surface area (TPSA) is 59.2 Å². The Morgan fingerprint density at radius 1 is 1.61 bits per heavy atom. The van der Waals surface area contributed by atoms with Gasteiger partial charge in [-0.25, -0.2) is 4.98 Å².